The number of pyridine rings is 1. The molecule has 7 aromatic rings. The van der Waals surface area contributed by atoms with Crippen LogP contribution in [0.5, 0.6) is 5.75 Å². The fourth-order valence-electron chi connectivity index (χ4n) is 6.90. The van der Waals surface area contributed by atoms with Gasteiger partial charge >= 0.3 is 0 Å². The molecule has 56 heavy (non-hydrogen) atoms. The average molecular weight is 738 g/mol. The second kappa shape index (κ2) is 14.8. The number of aromatic hydroxyl groups is 1. The molecule has 0 saturated heterocycles. The molecule has 2 heterocycles. The molecule has 2 aromatic heterocycles. The van der Waals surface area contributed by atoms with Crippen LogP contribution >= 0.6 is 0 Å². The van der Waals surface area contributed by atoms with Crippen LogP contribution in [0, 0.1) is 0 Å². The summed E-state index contributed by atoms with van der Waals surface area (Å²) >= 11 is 0. The monoisotopic (exact) mass is 737 g/mol. The summed E-state index contributed by atoms with van der Waals surface area (Å²) in [7, 11) is 0. The quantitative estimate of drug-likeness (QED) is 0.176. The highest BCUT2D eigenvalue weighted by molar-refractivity contribution is 5.97. The number of rotatable bonds is 7. The molecule has 0 unspecified atom stereocenters. The Bertz CT molecular complexity index is 2420. The van der Waals surface area contributed by atoms with Crippen molar-refractivity contribution in [3.8, 4) is 50.8 Å². The van der Waals surface area contributed by atoms with E-state index in [1.54, 1.807) is 0 Å². The summed E-state index contributed by atoms with van der Waals surface area (Å²) in [5.41, 5.74) is 8.77. The molecule has 7 rings (SSSR count). The van der Waals surface area contributed by atoms with Crippen LogP contribution in [-0.4, -0.2) is 25.0 Å². The summed E-state index contributed by atoms with van der Waals surface area (Å²) in [5.74, 6) is 2.59. The summed E-state index contributed by atoms with van der Waals surface area (Å²) in [5, 5.41) is 11.9. The lowest BCUT2D eigenvalue weighted by atomic mass is 9.79. The zero-order chi connectivity index (χ0) is 39.8. The summed E-state index contributed by atoms with van der Waals surface area (Å²) < 4.78 is 0. The lowest BCUT2D eigenvalue weighted by Gasteiger charge is -2.29. The van der Waals surface area contributed by atoms with Crippen LogP contribution in [0.3, 0.4) is 0 Å². The number of para-hydroxylation sites is 1. The van der Waals surface area contributed by atoms with E-state index in [0.717, 1.165) is 56.1 Å². The number of anilines is 3. The Kier molecular flexibility index (Phi) is 10.1. The highest BCUT2D eigenvalue weighted by atomic mass is 16.3. The van der Waals surface area contributed by atoms with E-state index in [4.69, 9.17) is 19.9 Å². The number of benzene rings is 5. The van der Waals surface area contributed by atoms with Gasteiger partial charge in [-0.2, -0.15) is 0 Å². The molecule has 0 bridgehead atoms. The van der Waals surface area contributed by atoms with E-state index in [0.29, 0.717) is 23.0 Å². The van der Waals surface area contributed by atoms with Gasteiger partial charge in [0.25, 0.3) is 0 Å². The van der Waals surface area contributed by atoms with Gasteiger partial charge in [-0.3, -0.25) is 4.90 Å². The van der Waals surface area contributed by atoms with Crippen LogP contribution in [0.1, 0.15) is 79.3 Å². The minimum Gasteiger partial charge on any atom is -0.507 e. The van der Waals surface area contributed by atoms with Gasteiger partial charge in [0, 0.05) is 39.6 Å². The number of hydrogen-bond donors (Lipinski definition) is 1. The zero-order valence-electron chi connectivity index (χ0n) is 34.0. The van der Waals surface area contributed by atoms with Gasteiger partial charge < -0.3 is 5.11 Å². The Morgan fingerprint density at radius 2 is 1.05 bits per heavy atom. The van der Waals surface area contributed by atoms with Gasteiger partial charge in [-0.1, -0.05) is 165 Å². The molecular formula is C50H51N5O. The van der Waals surface area contributed by atoms with Crippen LogP contribution in [0.15, 0.2) is 140 Å². The van der Waals surface area contributed by atoms with Crippen molar-refractivity contribution in [2.45, 2.75) is 78.6 Å². The topological polar surface area (TPSA) is 75.0 Å². The maximum absolute atomic E-state index is 11.9. The van der Waals surface area contributed by atoms with Gasteiger partial charge in [0.15, 0.2) is 11.6 Å². The minimum absolute atomic E-state index is 0.164. The number of phenols is 1. The number of hydrogen-bond acceptors (Lipinski definition) is 6. The SMILES string of the molecule is CC(C)(C)c1cc(-c2nc(-c3cccc(N(c4ccccn4)c4c(-c5ccccc5)cccc4-c4ccccc4)c3)nc(C(C)(C)C)n2)c(O)c(C(C)(C)C)c1. The zero-order valence-corrected chi connectivity index (χ0v) is 34.0. The third-order valence-corrected chi connectivity index (χ3v) is 10.0. The van der Waals surface area contributed by atoms with E-state index in [9.17, 15) is 5.11 Å². The van der Waals surface area contributed by atoms with Crippen LogP contribution in [0.4, 0.5) is 17.2 Å². The molecule has 5 aromatic carbocycles. The molecular weight excluding hydrogens is 687 g/mol. The van der Waals surface area contributed by atoms with E-state index in [2.05, 4.69) is 152 Å². The Hall–Kier alpha value is -6.14. The highest BCUT2D eigenvalue weighted by Crippen LogP contribution is 2.47. The van der Waals surface area contributed by atoms with Crippen molar-refractivity contribution in [1.29, 1.82) is 0 Å². The van der Waals surface area contributed by atoms with Crippen molar-refractivity contribution in [3.05, 3.63) is 157 Å². The Morgan fingerprint density at radius 3 is 1.61 bits per heavy atom. The molecule has 0 amide bonds. The van der Waals surface area contributed by atoms with Gasteiger partial charge in [0.05, 0.1) is 11.3 Å². The average Bonchev–Trinajstić information content (AvgIpc) is 3.18. The molecule has 0 aliphatic carbocycles. The summed E-state index contributed by atoms with van der Waals surface area (Å²) in [6.07, 6.45) is 1.83. The molecule has 0 atom stereocenters. The second-order valence-corrected chi connectivity index (χ2v) is 17.5. The Balaban J connectivity index is 1.48. The van der Waals surface area contributed by atoms with Gasteiger partial charge in [-0.25, -0.2) is 19.9 Å². The first kappa shape index (κ1) is 38.1. The largest absolute Gasteiger partial charge is 0.507 e. The predicted molar refractivity (Wildman–Crippen MR) is 232 cm³/mol. The smallest absolute Gasteiger partial charge is 0.167 e. The predicted octanol–water partition coefficient (Wildman–Crippen LogP) is 13.0. The number of nitrogens with zero attached hydrogens (tertiary/aromatic N) is 5. The molecule has 6 nitrogen and oxygen atoms in total. The van der Waals surface area contributed by atoms with Gasteiger partial charge in [-0.15, -0.1) is 0 Å². The van der Waals surface area contributed by atoms with E-state index >= 15 is 0 Å². The van der Waals surface area contributed by atoms with E-state index < -0.39 is 5.41 Å². The van der Waals surface area contributed by atoms with Crippen molar-refractivity contribution >= 4 is 17.2 Å². The third kappa shape index (κ3) is 7.83. The fraction of sp³-hybridized carbons (Fsp3) is 0.240. The molecule has 0 saturated carbocycles. The summed E-state index contributed by atoms with van der Waals surface area (Å²) in [4.78, 5) is 22.5. The lowest BCUT2D eigenvalue weighted by molar-refractivity contribution is 0.446. The van der Waals surface area contributed by atoms with Gasteiger partial charge in [0.1, 0.15) is 17.4 Å². The van der Waals surface area contributed by atoms with Crippen molar-refractivity contribution < 1.29 is 5.11 Å². The van der Waals surface area contributed by atoms with Crippen molar-refractivity contribution in [2.24, 2.45) is 0 Å². The Morgan fingerprint density at radius 1 is 0.482 bits per heavy atom. The first-order chi connectivity index (χ1) is 26.6. The maximum atomic E-state index is 11.9. The standard InChI is InChI=1S/C50H51N5O/c1-48(2,3)36-31-40(44(56)41(32-36)49(4,5)6)46-52-45(53-47(54-46)50(7,8)9)35-24-18-25-37(30-35)55(42-28-16-17-29-51-42)43-38(33-20-12-10-13-21-33)26-19-27-39(43)34-22-14-11-15-23-34/h10-32,56H,1-9H3. The normalized spacial score (nSPS) is 12.1. The van der Waals surface area contributed by atoms with Crippen LogP contribution in [-0.2, 0) is 16.2 Å². The first-order valence-electron chi connectivity index (χ1n) is 19.3. The molecule has 282 valence electrons. The molecule has 1 N–H and O–H groups in total. The van der Waals surface area contributed by atoms with Gasteiger partial charge in [0.2, 0.25) is 0 Å². The van der Waals surface area contributed by atoms with Gasteiger partial charge in [-0.05, 0) is 57.9 Å². The Labute approximate surface area is 332 Å². The second-order valence-electron chi connectivity index (χ2n) is 17.5. The lowest BCUT2D eigenvalue weighted by Crippen LogP contribution is -2.19. The van der Waals surface area contributed by atoms with E-state index in [1.807, 2.05) is 54.7 Å². The van der Waals surface area contributed by atoms with E-state index in [-0.39, 0.29) is 16.6 Å². The summed E-state index contributed by atoms with van der Waals surface area (Å²) in [6, 6.07) is 45.9. The number of phenolic OH excluding ortho intramolecular Hbond substituents is 1. The third-order valence-electron chi connectivity index (χ3n) is 10.0. The first-order valence-corrected chi connectivity index (χ1v) is 19.3. The molecule has 0 radical (unpaired) electrons. The van der Waals surface area contributed by atoms with Crippen LogP contribution in [0.2, 0.25) is 0 Å². The molecule has 0 fully saturated rings. The molecule has 6 heteroatoms. The van der Waals surface area contributed by atoms with Crippen LogP contribution < -0.4 is 4.90 Å². The molecule has 0 spiro atoms. The van der Waals surface area contributed by atoms with Crippen LogP contribution in [0.25, 0.3) is 45.0 Å². The molecule has 0 aliphatic heterocycles. The fourth-order valence-corrected chi connectivity index (χ4v) is 6.90. The van der Waals surface area contributed by atoms with Crippen molar-refractivity contribution in [2.75, 3.05) is 4.90 Å². The van der Waals surface area contributed by atoms with Crippen molar-refractivity contribution in [3.63, 3.8) is 0 Å². The summed E-state index contributed by atoms with van der Waals surface area (Å²) in [6.45, 7) is 19.2. The minimum atomic E-state index is -0.395. The highest BCUT2D eigenvalue weighted by Gasteiger charge is 2.29. The van der Waals surface area contributed by atoms with E-state index in [1.165, 1.54) is 0 Å². The molecule has 0 aliphatic rings. The maximum Gasteiger partial charge on any atom is 0.167 e. The number of aromatic nitrogens is 4. The van der Waals surface area contributed by atoms with Crippen molar-refractivity contribution in [1.82, 2.24) is 19.9 Å².